The molecule has 4 heterocycles. The zero-order valence-corrected chi connectivity index (χ0v) is 14.6. The predicted molar refractivity (Wildman–Crippen MR) is 92.0 cm³/mol. The van der Waals surface area contributed by atoms with Gasteiger partial charge in [0.2, 0.25) is 5.91 Å². The molecule has 2 aliphatic rings. The predicted octanol–water partition coefficient (Wildman–Crippen LogP) is 2.53. The van der Waals surface area contributed by atoms with Gasteiger partial charge < -0.3 is 4.90 Å². The molecule has 1 saturated heterocycles. The summed E-state index contributed by atoms with van der Waals surface area (Å²) < 4.78 is 0. The number of thiophene rings is 2. The third-order valence-corrected chi connectivity index (χ3v) is 6.32. The van der Waals surface area contributed by atoms with Crippen molar-refractivity contribution in [3.05, 3.63) is 44.3 Å². The van der Waals surface area contributed by atoms with Crippen molar-refractivity contribution >= 4 is 40.4 Å². The average Bonchev–Trinajstić information content (AvgIpc) is 3.28. The molecule has 0 aliphatic carbocycles. The summed E-state index contributed by atoms with van der Waals surface area (Å²) >= 11 is 3.13. The molecule has 1 fully saturated rings. The Hall–Kier alpha value is -1.99. The highest BCUT2D eigenvalue weighted by Gasteiger charge is 2.42. The Balaban J connectivity index is 1.49. The standard InChI is InChI=1S/C17H16N2O3S2/c20-15-4-3-14(19-8-11-9-23-10-13(11)16(19)21)17(22)18(15)6-5-12-2-1-7-24-12/h1-2,7,9-10,14H,3-6,8H2. The second-order valence-electron chi connectivity index (χ2n) is 6.01. The zero-order chi connectivity index (χ0) is 16.7. The molecular weight excluding hydrogens is 344 g/mol. The van der Waals surface area contributed by atoms with Crippen LogP contribution in [0.3, 0.4) is 0 Å². The number of likely N-dealkylation sites (tertiary alicyclic amines) is 1. The van der Waals surface area contributed by atoms with Gasteiger partial charge in [-0.15, -0.1) is 11.3 Å². The van der Waals surface area contributed by atoms with Crippen molar-refractivity contribution in [1.29, 1.82) is 0 Å². The van der Waals surface area contributed by atoms with Crippen LogP contribution in [0.25, 0.3) is 0 Å². The quantitative estimate of drug-likeness (QED) is 0.787. The maximum Gasteiger partial charge on any atom is 0.256 e. The Bertz CT molecular complexity index is 797. The summed E-state index contributed by atoms with van der Waals surface area (Å²) in [6.45, 7) is 0.860. The molecule has 0 spiro atoms. The molecule has 124 valence electrons. The van der Waals surface area contributed by atoms with Crippen LogP contribution in [0.5, 0.6) is 0 Å². The molecule has 0 N–H and O–H groups in total. The number of carbonyl (C=O) groups is 3. The van der Waals surface area contributed by atoms with Crippen LogP contribution >= 0.6 is 22.7 Å². The van der Waals surface area contributed by atoms with Gasteiger partial charge in [0.15, 0.2) is 0 Å². The highest BCUT2D eigenvalue weighted by molar-refractivity contribution is 7.09. The van der Waals surface area contributed by atoms with Crippen LogP contribution in [0.15, 0.2) is 28.3 Å². The van der Waals surface area contributed by atoms with Crippen LogP contribution in [0.4, 0.5) is 0 Å². The first-order chi connectivity index (χ1) is 11.6. The van der Waals surface area contributed by atoms with Gasteiger partial charge in [-0.05, 0) is 35.2 Å². The topological polar surface area (TPSA) is 57.7 Å². The highest BCUT2D eigenvalue weighted by atomic mass is 32.1. The third kappa shape index (κ3) is 2.57. The smallest absolute Gasteiger partial charge is 0.256 e. The number of fused-ring (bicyclic) bond motifs is 1. The molecule has 5 nitrogen and oxygen atoms in total. The summed E-state index contributed by atoms with van der Waals surface area (Å²) in [6, 6.07) is 3.45. The lowest BCUT2D eigenvalue weighted by Gasteiger charge is -2.35. The lowest BCUT2D eigenvalue weighted by atomic mass is 10.0. The Kier molecular flexibility index (Phi) is 3.97. The van der Waals surface area contributed by atoms with Gasteiger partial charge in [-0.25, -0.2) is 0 Å². The van der Waals surface area contributed by atoms with Crippen LogP contribution in [0.1, 0.15) is 33.6 Å². The summed E-state index contributed by atoms with van der Waals surface area (Å²) in [5.74, 6) is -0.448. The van der Waals surface area contributed by atoms with E-state index in [0.717, 1.165) is 10.4 Å². The molecule has 0 saturated carbocycles. The van der Waals surface area contributed by atoms with Gasteiger partial charge in [0.25, 0.3) is 11.8 Å². The summed E-state index contributed by atoms with van der Waals surface area (Å²) in [6.07, 6.45) is 1.41. The van der Waals surface area contributed by atoms with E-state index in [-0.39, 0.29) is 17.7 Å². The molecule has 4 rings (SSSR count). The van der Waals surface area contributed by atoms with Crippen LogP contribution < -0.4 is 0 Å². The van der Waals surface area contributed by atoms with Gasteiger partial charge in [-0.3, -0.25) is 19.3 Å². The van der Waals surface area contributed by atoms with E-state index in [2.05, 4.69) is 0 Å². The first kappa shape index (κ1) is 15.5. The van der Waals surface area contributed by atoms with Gasteiger partial charge >= 0.3 is 0 Å². The Morgan fingerprint density at radius 1 is 1.21 bits per heavy atom. The second-order valence-corrected chi connectivity index (χ2v) is 7.79. The molecule has 2 aliphatic heterocycles. The fraction of sp³-hybridized carbons (Fsp3) is 0.353. The van der Waals surface area contributed by atoms with Gasteiger partial charge in [-0.1, -0.05) is 6.07 Å². The number of nitrogens with zero attached hydrogens (tertiary/aromatic N) is 2. The zero-order valence-electron chi connectivity index (χ0n) is 12.9. The van der Waals surface area contributed by atoms with Crippen LogP contribution in [-0.4, -0.2) is 40.1 Å². The van der Waals surface area contributed by atoms with E-state index >= 15 is 0 Å². The lowest BCUT2D eigenvalue weighted by molar-refractivity contribution is -0.152. The number of amides is 3. The van der Waals surface area contributed by atoms with E-state index in [0.29, 0.717) is 37.9 Å². The van der Waals surface area contributed by atoms with Gasteiger partial charge in [0.1, 0.15) is 6.04 Å². The van der Waals surface area contributed by atoms with Crippen molar-refractivity contribution in [2.75, 3.05) is 6.54 Å². The fourth-order valence-corrected chi connectivity index (χ4v) is 4.84. The SMILES string of the molecule is O=C1CCC(N2Cc3cscc3C2=O)C(=O)N1CCc1cccs1. The maximum atomic E-state index is 12.8. The van der Waals surface area contributed by atoms with Crippen molar-refractivity contribution in [1.82, 2.24) is 9.80 Å². The first-order valence-corrected chi connectivity index (χ1v) is 9.70. The van der Waals surface area contributed by atoms with Gasteiger partial charge in [0, 0.05) is 29.8 Å². The fourth-order valence-electron chi connectivity index (χ4n) is 3.32. The Morgan fingerprint density at radius 2 is 2.08 bits per heavy atom. The molecular formula is C17H16N2O3S2. The van der Waals surface area contributed by atoms with Crippen molar-refractivity contribution in [3.8, 4) is 0 Å². The Labute approximate surface area is 147 Å². The van der Waals surface area contributed by atoms with Crippen molar-refractivity contribution in [2.24, 2.45) is 0 Å². The number of hydrogen-bond donors (Lipinski definition) is 0. The second kappa shape index (κ2) is 6.14. The molecule has 3 amide bonds. The van der Waals surface area contributed by atoms with Crippen molar-refractivity contribution in [3.63, 3.8) is 0 Å². The molecule has 7 heteroatoms. The van der Waals surface area contributed by atoms with Gasteiger partial charge in [-0.2, -0.15) is 11.3 Å². The number of carbonyl (C=O) groups excluding carboxylic acids is 3. The average molecular weight is 360 g/mol. The van der Waals surface area contributed by atoms with E-state index < -0.39 is 6.04 Å². The number of rotatable bonds is 4. The van der Waals surface area contributed by atoms with Crippen LogP contribution in [0, 0.1) is 0 Å². The number of imide groups is 1. The minimum Gasteiger partial charge on any atom is -0.322 e. The van der Waals surface area contributed by atoms with E-state index in [4.69, 9.17) is 0 Å². The first-order valence-electron chi connectivity index (χ1n) is 7.88. The van der Waals surface area contributed by atoms with E-state index in [1.54, 1.807) is 16.2 Å². The molecule has 1 atom stereocenters. The number of piperidine rings is 1. The summed E-state index contributed by atoms with van der Waals surface area (Å²) in [7, 11) is 0. The summed E-state index contributed by atoms with van der Waals surface area (Å²) in [4.78, 5) is 41.6. The number of hydrogen-bond acceptors (Lipinski definition) is 5. The van der Waals surface area contributed by atoms with E-state index in [1.807, 2.05) is 28.3 Å². The monoisotopic (exact) mass is 360 g/mol. The molecule has 0 radical (unpaired) electrons. The Morgan fingerprint density at radius 3 is 2.83 bits per heavy atom. The molecule has 0 aromatic carbocycles. The lowest BCUT2D eigenvalue weighted by Crippen LogP contribution is -2.55. The van der Waals surface area contributed by atoms with Crippen LogP contribution in [0.2, 0.25) is 0 Å². The molecule has 24 heavy (non-hydrogen) atoms. The summed E-state index contributed by atoms with van der Waals surface area (Å²) in [5.41, 5.74) is 1.69. The van der Waals surface area contributed by atoms with Crippen LogP contribution in [-0.2, 0) is 22.6 Å². The van der Waals surface area contributed by atoms with E-state index in [9.17, 15) is 14.4 Å². The minimum atomic E-state index is -0.518. The van der Waals surface area contributed by atoms with Crippen molar-refractivity contribution < 1.29 is 14.4 Å². The van der Waals surface area contributed by atoms with E-state index in [1.165, 1.54) is 16.2 Å². The largest absolute Gasteiger partial charge is 0.322 e. The maximum absolute atomic E-state index is 12.8. The highest BCUT2D eigenvalue weighted by Crippen LogP contribution is 2.31. The molecule has 2 aromatic heterocycles. The molecule has 2 aromatic rings. The third-order valence-electron chi connectivity index (χ3n) is 4.60. The molecule has 1 unspecified atom stereocenters. The molecule has 0 bridgehead atoms. The summed E-state index contributed by atoms with van der Waals surface area (Å²) in [5, 5.41) is 5.78. The van der Waals surface area contributed by atoms with Gasteiger partial charge in [0.05, 0.1) is 5.56 Å². The minimum absolute atomic E-state index is 0.0860. The van der Waals surface area contributed by atoms with Crippen molar-refractivity contribution in [2.45, 2.75) is 31.8 Å². The normalized spacial score (nSPS) is 20.8.